The summed E-state index contributed by atoms with van der Waals surface area (Å²) in [5.41, 5.74) is 0.569. The van der Waals surface area contributed by atoms with Gasteiger partial charge in [-0.1, -0.05) is 6.92 Å². The van der Waals surface area contributed by atoms with Crippen LogP contribution in [0.1, 0.15) is 27.2 Å². The standard InChI is InChI=1S/C14H20N2O5/c1-4-20-13(18)11-8(3)15-14(19)16-10(11)6-21-12(17)9-5-7(9)2/h7-9H,4-6H2,1-3H3,(H2,15,16,19)/t7-,8-,9-/m0/s1. The lowest BCUT2D eigenvalue weighted by Crippen LogP contribution is -2.50. The van der Waals surface area contributed by atoms with E-state index < -0.39 is 18.0 Å². The fraction of sp³-hybridized carbons (Fsp3) is 0.643. The van der Waals surface area contributed by atoms with Gasteiger partial charge >= 0.3 is 18.0 Å². The lowest BCUT2D eigenvalue weighted by Gasteiger charge is -2.26. The molecule has 2 amide bonds. The van der Waals surface area contributed by atoms with Crippen LogP contribution in [0.4, 0.5) is 4.79 Å². The SMILES string of the molecule is CCOC(=O)C1=C(COC(=O)[C@H]2C[C@@H]2C)NC(=O)N[C@H]1C. The van der Waals surface area contributed by atoms with Crippen LogP contribution in [-0.2, 0) is 19.1 Å². The van der Waals surface area contributed by atoms with E-state index in [1.54, 1.807) is 13.8 Å². The Morgan fingerprint density at radius 2 is 1.95 bits per heavy atom. The number of amides is 2. The van der Waals surface area contributed by atoms with E-state index in [1.165, 1.54) is 0 Å². The summed E-state index contributed by atoms with van der Waals surface area (Å²) in [4.78, 5) is 35.2. The van der Waals surface area contributed by atoms with E-state index in [1.807, 2.05) is 6.92 Å². The van der Waals surface area contributed by atoms with Crippen LogP contribution < -0.4 is 10.6 Å². The lowest BCUT2D eigenvalue weighted by atomic mass is 10.0. The molecule has 7 nitrogen and oxygen atoms in total. The number of hydrogen-bond donors (Lipinski definition) is 2. The zero-order valence-corrected chi connectivity index (χ0v) is 12.4. The van der Waals surface area contributed by atoms with E-state index in [2.05, 4.69) is 10.6 Å². The van der Waals surface area contributed by atoms with E-state index in [9.17, 15) is 14.4 Å². The minimum Gasteiger partial charge on any atom is -0.463 e. The number of hydrogen-bond acceptors (Lipinski definition) is 5. The molecule has 0 spiro atoms. The van der Waals surface area contributed by atoms with Crippen molar-refractivity contribution >= 4 is 18.0 Å². The van der Waals surface area contributed by atoms with Gasteiger partial charge in [0.05, 0.1) is 29.8 Å². The normalized spacial score (nSPS) is 27.6. The van der Waals surface area contributed by atoms with Crippen molar-refractivity contribution in [2.24, 2.45) is 11.8 Å². The quantitative estimate of drug-likeness (QED) is 0.729. The molecule has 2 N–H and O–H groups in total. The molecule has 1 aliphatic carbocycles. The Morgan fingerprint density at radius 1 is 1.29 bits per heavy atom. The molecular formula is C14H20N2O5. The van der Waals surface area contributed by atoms with Crippen LogP contribution in [-0.4, -0.2) is 37.2 Å². The van der Waals surface area contributed by atoms with Crippen molar-refractivity contribution in [3.63, 3.8) is 0 Å². The molecule has 0 aromatic carbocycles. The highest BCUT2D eigenvalue weighted by Crippen LogP contribution is 2.38. The first kappa shape index (κ1) is 15.3. The molecule has 1 heterocycles. The van der Waals surface area contributed by atoms with Gasteiger partial charge in [0.25, 0.3) is 0 Å². The van der Waals surface area contributed by atoms with Gasteiger partial charge in [0.2, 0.25) is 0 Å². The average Bonchev–Trinajstić information content (AvgIpc) is 3.12. The fourth-order valence-corrected chi connectivity index (χ4v) is 2.29. The molecule has 0 bridgehead atoms. The first-order chi connectivity index (χ1) is 9.93. The maximum atomic E-state index is 12.0. The van der Waals surface area contributed by atoms with E-state index in [0.717, 1.165) is 6.42 Å². The summed E-state index contributed by atoms with van der Waals surface area (Å²) in [5.74, 6) is -0.536. The minimum atomic E-state index is -0.525. The van der Waals surface area contributed by atoms with Gasteiger partial charge in [-0.3, -0.25) is 4.79 Å². The van der Waals surface area contributed by atoms with Crippen molar-refractivity contribution in [2.75, 3.05) is 13.2 Å². The van der Waals surface area contributed by atoms with Gasteiger partial charge in [-0.25, -0.2) is 9.59 Å². The van der Waals surface area contributed by atoms with E-state index in [-0.39, 0.29) is 36.4 Å². The molecule has 1 aliphatic heterocycles. The van der Waals surface area contributed by atoms with Crippen molar-refractivity contribution in [1.29, 1.82) is 0 Å². The topological polar surface area (TPSA) is 93.7 Å². The number of carbonyl (C=O) groups is 3. The summed E-state index contributed by atoms with van der Waals surface area (Å²) in [5, 5.41) is 5.09. The number of carbonyl (C=O) groups excluding carboxylic acids is 3. The molecule has 0 unspecified atom stereocenters. The van der Waals surface area contributed by atoms with Crippen LogP contribution in [0.15, 0.2) is 11.3 Å². The predicted octanol–water partition coefficient (Wildman–Crippen LogP) is 0.704. The number of rotatable bonds is 5. The largest absolute Gasteiger partial charge is 0.463 e. The summed E-state index contributed by atoms with van der Waals surface area (Å²) in [6, 6.07) is -0.923. The lowest BCUT2D eigenvalue weighted by molar-refractivity contribution is -0.145. The van der Waals surface area contributed by atoms with Crippen molar-refractivity contribution < 1.29 is 23.9 Å². The molecule has 0 aromatic rings. The summed E-state index contributed by atoms with van der Waals surface area (Å²) in [7, 11) is 0. The van der Waals surface area contributed by atoms with E-state index >= 15 is 0 Å². The molecule has 2 rings (SSSR count). The molecule has 116 valence electrons. The summed E-state index contributed by atoms with van der Waals surface area (Å²) in [6.07, 6.45) is 0.826. The molecular weight excluding hydrogens is 276 g/mol. The van der Waals surface area contributed by atoms with E-state index in [4.69, 9.17) is 9.47 Å². The molecule has 3 atom stereocenters. The molecule has 1 fully saturated rings. The van der Waals surface area contributed by atoms with Gasteiger partial charge < -0.3 is 20.1 Å². The van der Waals surface area contributed by atoms with Crippen molar-refractivity contribution in [1.82, 2.24) is 10.6 Å². The predicted molar refractivity (Wildman–Crippen MR) is 73.0 cm³/mol. The Morgan fingerprint density at radius 3 is 2.52 bits per heavy atom. The number of nitrogens with one attached hydrogen (secondary N) is 2. The molecule has 21 heavy (non-hydrogen) atoms. The smallest absolute Gasteiger partial charge is 0.338 e. The highest BCUT2D eigenvalue weighted by Gasteiger charge is 2.41. The second kappa shape index (κ2) is 6.15. The molecule has 2 aliphatic rings. The van der Waals surface area contributed by atoms with Crippen LogP contribution in [0, 0.1) is 11.8 Å². The summed E-state index contributed by atoms with van der Waals surface area (Å²) >= 11 is 0. The highest BCUT2D eigenvalue weighted by atomic mass is 16.5. The number of esters is 2. The first-order valence-electron chi connectivity index (χ1n) is 7.08. The molecule has 7 heteroatoms. The van der Waals surface area contributed by atoms with Crippen molar-refractivity contribution in [3.05, 3.63) is 11.3 Å². The second-order valence-electron chi connectivity index (χ2n) is 5.36. The zero-order valence-electron chi connectivity index (χ0n) is 12.4. The van der Waals surface area contributed by atoms with Gasteiger partial charge in [0.1, 0.15) is 6.61 Å². The van der Waals surface area contributed by atoms with Crippen LogP contribution >= 0.6 is 0 Å². The molecule has 0 radical (unpaired) electrons. The maximum Gasteiger partial charge on any atom is 0.338 e. The number of urea groups is 1. The average molecular weight is 296 g/mol. The number of ether oxygens (including phenoxy) is 2. The fourth-order valence-electron chi connectivity index (χ4n) is 2.29. The molecule has 1 saturated carbocycles. The van der Waals surface area contributed by atoms with Crippen LogP contribution in [0.5, 0.6) is 0 Å². The monoisotopic (exact) mass is 296 g/mol. The van der Waals surface area contributed by atoms with Gasteiger partial charge in [-0.2, -0.15) is 0 Å². The van der Waals surface area contributed by atoms with Gasteiger partial charge in [0.15, 0.2) is 0 Å². The Balaban J connectivity index is 2.09. The maximum absolute atomic E-state index is 12.0. The second-order valence-corrected chi connectivity index (χ2v) is 5.36. The third-order valence-corrected chi connectivity index (χ3v) is 3.64. The Bertz CT molecular complexity index is 500. The Kier molecular flexibility index (Phi) is 4.50. The van der Waals surface area contributed by atoms with Crippen LogP contribution in [0.25, 0.3) is 0 Å². The Hall–Kier alpha value is -2.05. The van der Waals surface area contributed by atoms with Crippen molar-refractivity contribution in [3.8, 4) is 0 Å². The van der Waals surface area contributed by atoms with Crippen LogP contribution in [0.3, 0.4) is 0 Å². The van der Waals surface area contributed by atoms with Gasteiger partial charge in [-0.15, -0.1) is 0 Å². The molecule has 0 aromatic heterocycles. The summed E-state index contributed by atoms with van der Waals surface area (Å²) in [6.45, 7) is 5.45. The summed E-state index contributed by atoms with van der Waals surface area (Å²) < 4.78 is 10.2. The van der Waals surface area contributed by atoms with Gasteiger partial charge in [-0.05, 0) is 26.2 Å². The minimum absolute atomic E-state index is 0.0634. The third-order valence-electron chi connectivity index (χ3n) is 3.64. The van der Waals surface area contributed by atoms with Gasteiger partial charge in [0, 0.05) is 0 Å². The zero-order chi connectivity index (χ0) is 15.6. The first-order valence-corrected chi connectivity index (χ1v) is 7.08. The third kappa shape index (κ3) is 3.53. The van der Waals surface area contributed by atoms with E-state index in [0.29, 0.717) is 5.92 Å². The molecule has 0 saturated heterocycles. The van der Waals surface area contributed by atoms with Crippen molar-refractivity contribution in [2.45, 2.75) is 33.2 Å². The highest BCUT2D eigenvalue weighted by molar-refractivity contribution is 5.94. The van der Waals surface area contributed by atoms with Crippen LogP contribution in [0.2, 0.25) is 0 Å². The Labute approximate surface area is 123 Å².